The minimum absolute atomic E-state index is 0. The van der Waals surface area contributed by atoms with Gasteiger partial charge in [0.25, 0.3) is 0 Å². The summed E-state index contributed by atoms with van der Waals surface area (Å²) >= 11 is 0. The molecule has 1 aromatic rings. The molecule has 5 heteroatoms. The molecule has 1 rings (SSSR count). The fourth-order valence-electron chi connectivity index (χ4n) is 1.68. The number of rotatable bonds is 4. The Labute approximate surface area is 114 Å². The maximum Gasteiger partial charge on any atom is 0.338 e. The summed E-state index contributed by atoms with van der Waals surface area (Å²) in [6, 6.07) is 6.32. The maximum atomic E-state index is 11.6. The van der Waals surface area contributed by atoms with E-state index in [-0.39, 0.29) is 18.3 Å². The first-order chi connectivity index (χ1) is 7.99. The normalized spacial score (nSPS) is 13.7. The summed E-state index contributed by atoms with van der Waals surface area (Å²) in [7, 11) is 1.32. The van der Waals surface area contributed by atoms with E-state index in [1.807, 2.05) is 13.8 Å². The molecule has 0 aromatic heterocycles. The number of carbonyl (C=O) groups is 1. The number of halogens is 1. The van der Waals surface area contributed by atoms with Crippen molar-refractivity contribution in [3.05, 3.63) is 35.4 Å². The van der Waals surface area contributed by atoms with Gasteiger partial charge in [-0.2, -0.15) is 0 Å². The summed E-state index contributed by atoms with van der Waals surface area (Å²) in [5, 5.41) is 9.95. The third-order valence-corrected chi connectivity index (χ3v) is 2.78. The number of methoxy groups -OCH3 is 1. The van der Waals surface area contributed by atoms with Gasteiger partial charge in [-0.05, 0) is 17.5 Å². The molecule has 0 aliphatic heterocycles. The Balaban J connectivity index is 0.00000289. The van der Waals surface area contributed by atoms with Crippen LogP contribution < -0.4 is 5.73 Å². The number of nitrogens with two attached hydrogens (primary N) is 1. The maximum absolute atomic E-state index is 11.6. The molecule has 0 bridgehead atoms. The van der Waals surface area contributed by atoms with Gasteiger partial charge in [-0.1, -0.05) is 32.0 Å². The number of carbonyl (C=O) groups excluding carboxylic acids is 1. The molecular weight excluding hydrogens is 254 g/mol. The topological polar surface area (TPSA) is 72.5 Å². The number of benzene rings is 1. The van der Waals surface area contributed by atoms with Crippen molar-refractivity contribution < 1.29 is 14.6 Å². The van der Waals surface area contributed by atoms with Crippen LogP contribution in [0.5, 0.6) is 0 Å². The number of ether oxygens (including phenoxy) is 1. The zero-order valence-corrected chi connectivity index (χ0v) is 11.6. The molecule has 4 nitrogen and oxygen atoms in total. The van der Waals surface area contributed by atoms with E-state index < -0.39 is 18.1 Å². The Morgan fingerprint density at radius 1 is 1.33 bits per heavy atom. The predicted molar refractivity (Wildman–Crippen MR) is 72.8 cm³/mol. The van der Waals surface area contributed by atoms with Crippen LogP contribution in [0, 0.1) is 5.92 Å². The third-order valence-electron chi connectivity index (χ3n) is 2.78. The van der Waals surface area contributed by atoms with E-state index >= 15 is 0 Å². The molecule has 0 unspecified atom stereocenters. The molecule has 0 radical (unpaired) electrons. The summed E-state index contributed by atoms with van der Waals surface area (Å²) in [5.41, 5.74) is 6.99. The van der Waals surface area contributed by atoms with Gasteiger partial charge in [0.05, 0.1) is 24.8 Å². The summed E-state index contributed by atoms with van der Waals surface area (Å²) in [6.45, 7) is 3.76. The molecule has 0 aliphatic rings. The van der Waals surface area contributed by atoms with E-state index in [2.05, 4.69) is 0 Å². The first kappa shape index (κ1) is 16.9. The standard InChI is InChI=1S/C13H19NO3.ClH/c1-8(2)12(15)11(14)9-6-4-5-7-10(9)13(16)17-3;/h4-8,11-12,15H,14H2,1-3H3;1H/t11-,12+;/m0./s1. The summed E-state index contributed by atoms with van der Waals surface area (Å²) in [5.74, 6) is -0.414. The van der Waals surface area contributed by atoms with Crippen molar-refractivity contribution in [1.29, 1.82) is 0 Å². The lowest BCUT2D eigenvalue weighted by atomic mass is 9.91. The zero-order chi connectivity index (χ0) is 13.0. The molecule has 0 fully saturated rings. The number of hydrogen-bond donors (Lipinski definition) is 2. The van der Waals surface area contributed by atoms with Gasteiger partial charge in [0.15, 0.2) is 0 Å². The monoisotopic (exact) mass is 273 g/mol. The van der Waals surface area contributed by atoms with Crippen molar-refractivity contribution in [1.82, 2.24) is 0 Å². The largest absolute Gasteiger partial charge is 0.465 e. The van der Waals surface area contributed by atoms with Crippen molar-refractivity contribution in [2.75, 3.05) is 7.11 Å². The van der Waals surface area contributed by atoms with Crippen LogP contribution >= 0.6 is 12.4 Å². The van der Waals surface area contributed by atoms with E-state index in [0.717, 1.165) is 0 Å². The van der Waals surface area contributed by atoms with Crippen LogP contribution in [0.25, 0.3) is 0 Å². The second-order valence-corrected chi connectivity index (χ2v) is 4.34. The SMILES string of the molecule is COC(=O)c1ccccc1[C@H](N)[C@H](O)C(C)C.Cl. The molecule has 2 atom stereocenters. The van der Waals surface area contributed by atoms with Crippen LogP contribution in [0.4, 0.5) is 0 Å². The van der Waals surface area contributed by atoms with Crippen molar-refractivity contribution >= 4 is 18.4 Å². The van der Waals surface area contributed by atoms with Crippen LogP contribution in [0.3, 0.4) is 0 Å². The number of aliphatic hydroxyl groups excluding tert-OH is 1. The van der Waals surface area contributed by atoms with E-state index in [4.69, 9.17) is 10.5 Å². The third kappa shape index (κ3) is 3.70. The van der Waals surface area contributed by atoms with Crippen molar-refractivity contribution in [2.45, 2.75) is 26.0 Å². The molecule has 3 N–H and O–H groups in total. The lowest BCUT2D eigenvalue weighted by molar-refractivity contribution is 0.0593. The average Bonchev–Trinajstić information content (AvgIpc) is 2.35. The van der Waals surface area contributed by atoms with Crippen molar-refractivity contribution in [3.8, 4) is 0 Å². The first-order valence-electron chi connectivity index (χ1n) is 5.60. The van der Waals surface area contributed by atoms with Gasteiger partial charge in [-0.25, -0.2) is 4.79 Å². The Hall–Kier alpha value is -1.10. The first-order valence-corrected chi connectivity index (χ1v) is 5.60. The molecule has 0 heterocycles. The fourth-order valence-corrected chi connectivity index (χ4v) is 1.68. The van der Waals surface area contributed by atoms with Crippen LogP contribution in [0.15, 0.2) is 24.3 Å². The summed E-state index contributed by atoms with van der Waals surface area (Å²) in [6.07, 6.45) is -0.694. The minimum atomic E-state index is -0.694. The molecule has 0 amide bonds. The number of hydrogen-bond acceptors (Lipinski definition) is 4. The Kier molecular flexibility index (Phi) is 6.91. The van der Waals surface area contributed by atoms with Gasteiger partial charge in [0.2, 0.25) is 0 Å². The molecule has 0 saturated heterocycles. The molecule has 18 heavy (non-hydrogen) atoms. The van der Waals surface area contributed by atoms with E-state index in [0.29, 0.717) is 11.1 Å². The average molecular weight is 274 g/mol. The fraction of sp³-hybridized carbons (Fsp3) is 0.462. The second-order valence-electron chi connectivity index (χ2n) is 4.34. The highest BCUT2D eigenvalue weighted by molar-refractivity contribution is 5.91. The number of esters is 1. The quantitative estimate of drug-likeness (QED) is 0.822. The molecule has 0 aliphatic carbocycles. The second kappa shape index (κ2) is 7.36. The Bertz CT molecular complexity index is 396. The zero-order valence-electron chi connectivity index (χ0n) is 10.8. The van der Waals surface area contributed by atoms with Gasteiger partial charge in [0, 0.05) is 0 Å². The number of aliphatic hydroxyl groups is 1. The van der Waals surface area contributed by atoms with E-state index in [9.17, 15) is 9.90 Å². The highest BCUT2D eigenvalue weighted by Crippen LogP contribution is 2.23. The van der Waals surface area contributed by atoms with Crippen LogP contribution in [-0.2, 0) is 4.74 Å². The summed E-state index contributed by atoms with van der Waals surface area (Å²) < 4.78 is 4.69. The summed E-state index contributed by atoms with van der Waals surface area (Å²) in [4.78, 5) is 11.6. The van der Waals surface area contributed by atoms with Crippen LogP contribution in [0.1, 0.15) is 35.8 Å². The smallest absolute Gasteiger partial charge is 0.338 e. The van der Waals surface area contributed by atoms with E-state index in [1.54, 1.807) is 24.3 Å². The van der Waals surface area contributed by atoms with Crippen molar-refractivity contribution in [2.24, 2.45) is 11.7 Å². The van der Waals surface area contributed by atoms with Crippen molar-refractivity contribution in [3.63, 3.8) is 0 Å². The van der Waals surface area contributed by atoms with Gasteiger partial charge in [0.1, 0.15) is 0 Å². The van der Waals surface area contributed by atoms with Gasteiger partial charge < -0.3 is 15.6 Å². The Morgan fingerprint density at radius 3 is 2.39 bits per heavy atom. The van der Waals surface area contributed by atoms with Crippen LogP contribution in [0.2, 0.25) is 0 Å². The van der Waals surface area contributed by atoms with Gasteiger partial charge >= 0.3 is 5.97 Å². The minimum Gasteiger partial charge on any atom is -0.465 e. The molecule has 102 valence electrons. The molecule has 1 aromatic carbocycles. The van der Waals surface area contributed by atoms with Gasteiger partial charge in [-0.3, -0.25) is 0 Å². The van der Waals surface area contributed by atoms with E-state index in [1.165, 1.54) is 7.11 Å². The molecule has 0 spiro atoms. The molecular formula is C13H20ClNO3. The van der Waals surface area contributed by atoms with Gasteiger partial charge in [-0.15, -0.1) is 12.4 Å². The van der Waals surface area contributed by atoms with Crippen LogP contribution in [-0.4, -0.2) is 24.3 Å². The molecule has 0 saturated carbocycles. The highest BCUT2D eigenvalue weighted by Gasteiger charge is 2.24. The lowest BCUT2D eigenvalue weighted by Gasteiger charge is -2.23. The predicted octanol–water partition coefficient (Wildman–Crippen LogP) is 1.91. The highest BCUT2D eigenvalue weighted by atomic mass is 35.5. The Morgan fingerprint density at radius 2 is 1.89 bits per heavy atom. The lowest BCUT2D eigenvalue weighted by Crippen LogP contribution is -2.31.